The quantitative estimate of drug-likeness (QED) is 0.782. The van der Waals surface area contributed by atoms with E-state index in [1.54, 1.807) is 6.07 Å². The van der Waals surface area contributed by atoms with Gasteiger partial charge in [-0.15, -0.1) is 0 Å². The Morgan fingerprint density at radius 3 is 2.56 bits per heavy atom. The second-order valence-electron chi connectivity index (χ2n) is 4.15. The van der Waals surface area contributed by atoms with Crippen LogP contribution in [-0.2, 0) is 11.2 Å². The first-order chi connectivity index (χ1) is 7.38. The largest absolute Gasteiger partial charge is 0.368 e. The fraction of sp³-hybridized carbons (Fsp3) is 0.500. The van der Waals surface area contributed by atoms with Crippen molar-refractivity contribution in [3.8, 4) is 0 Å². The molecular weight excluding hydrogens is 228 g/mol. The van der Waals surface area contributed by atoms with Crippen LogP contribution < -0.4 is 0 Å². The van der Waals surface area contributed by atoms with Gasteiger partial charge in [0.25, 0.3) is 0 Å². The van der Waals surface area contributed by atoms with Crippen molar-refractivity contribution in [3.63, 3.8) is 0 Å². The molecule has 1 unspecified atom stereocenters. The number of hydrogen-bond acceptors (Lipinski definition) is 3. The molecule has 3 nitrogen and oxygen atoms in total. The van der Waals surface area contributed by atoms with E-state index >= 15 is 0 Å². The van der Waals surface area contributed by atoms with Crippen LogP contribution in [0, 0.1) is 0 Å². The third-order valence-corrected chi connectivity index (χ3v) is 2.41. The van der Waals surface area contributed by atoms with Gasteiger partial charge in [0, 0.05) is 11.4 Å². The van der Waals surface area contributed by atoms with Crippen molar-refractivity contribution in [2.45, 2.75) is 38.8 Å². The predicted molar refractivity (Wildman–Crippen MR) is 63.2 cm³/mol. The van der Waals surface area contributed by atoms with Crippen LogP contribution in [-0.4, -0.2) is 22.3 Å². The smallest absolute Gasteiger partial charge is 0.162 e. The van der Waals surface area contributed by atoms with Crippen LogP contribution in [0.5, 0.6) is 0 Å². The monoisotopic (exact) mass is 244 g/mol. The standard InChI is InChI=1S/C12H17ClO3/c1-12(2,15)16-11(14)8-7-9-5-3-4-6-10(9)13/h3-6,11,14-15H,7-8H2,1-2H3. The summed E-state index contributed by atoms with van der Waals surface area (Å²) in [5.74, 6) is -1.32. The summed E-state index contributed by atoms with van der Waals surface area (Å²) in [6.45, 7) is 2.96. The molecule has 0 heterocycles. The Bertz CT molecular complexity index is 333. The van der Waals surface area contributed by atoms with Crippen molar-refractivity contribution in [1.29, 1.82) is 0 Å². The minimum Gasteiger partial charge on any atom is -0.368 e. The highest BCUT2D eigenvalue weighted by molar-refractivity contribution is 6.31. The molecule has 0 fully saturated rings. The molecule has 0 saturated carbocycles. The van der Waals surface area contributed by atoms with E-state index in [2.05, 4.69) is 0 Å². The first-order valence-electron chi connectivity index (χ1n) is 5.20. The molecule has 0 radical (unpaired) electrons. The van der Waals surface area contributed by atoms with E-state index in [0.717, 1.165) is 5.56 Å². The second kappa shape index (κ2) is 5.64. The molecule has 0 aliphatic rings. The van der Waals surface area contributed by atoms with Crippen molar-refractivity contribution in [3.05, 3.63) is 34.9 Å². The lowest BCUT2D eigenvalue weighted by atomic mass is 10.1. The molecule has 16 heavy (non-hydrogen) atoms. The molecule has 1 aromatic rings. The van der Waals surface area contributed by atoms with E-state index in [0.29, 0.717) is 17.9 Å². The Morgan fingerprint density at radius 1 is 1.38 bits per heavy atom. The molecule has 1 rings (SSSR count). The highest BCUT2D eigenvalue weighted by Gasteiger charge is 2.18. The zero-order chi connectivity index (χ0) is 12.2. The number of hydrogen-bond donors (Lipinski definition) is 2. The number of aryl methyl sites for hydroxylation is 1. The summed E-state index contributed by atoms with van der Waals surface area (Å²) in [7, 11) is 0. The number of halogens is 1. The molecular formula is C12H17ClO3. The predicted octanol–water partition coefficient (Wildman–Crippen LogP) is 2.34. The fourth-order valence-corrected chi connectivity index (χ4v) is 1.60. The summed E-state index contributed by atoms with van der Waals surface area (Å²) in [4.78, 5) is 0. The molecule has 0 aromatic heterocycles. The molecule has 0 aliphatic carbocycles. The maximum absolute atomic E-state index is 9.51. The minimum absolute atomic E-state index is 0.397. The van der Waals surface area contributed by atoms with E-state index in [9.17, 15) is 10.2 Å². The Hall–Kier alpha value is -0.610. The average molecular weight is 245 g/mol. The maximum atomic E-state index is 9.51. The molecule has 0 spiro atoms. The van der Waals surface area contributed by atoms with Gasteiger partial charge in [-0.2, -0.15) is 0 Å². The van der Waals surface area contributed by atoms with E-state index in [-0.39, 0.29) is 0 Å². The number of aliphatic hydroxyl groups is 2. The van der Waals surface area contributed by atoms with E-state index in [1.165, 1.54) is 13.8 Å². The van der Waals surface area contributed by atoms with E-state index in [1.807, 2.05) is 18.2 Å². The van der Waals surface area contributed by atoms with Gasteiger partial charge in [0.15, 0.2) is 12.1 Å². The van der Waals surface area contributed by atoms with E-state index in [4.69, 9.17) is 16.3 Å². The molecule has 0 aliphatic heterocycles. The van der Waals surface area contributed by atoms with E-state index < -0.39 is 12.1 Å². The maximum Gasteiger partial charge on any atom is 0.162 e. The van der Waals surface area contributed by atoms with Gasteiger partial charge >= 0.3 is 0 Å². The lowest BCUT2D eigenvalue weighted by molar-refractivity contribution is -0.261. The molecule has 1 atom stereocenters. The third-order valence-electron chi connectivity index (χ3n) is 2.04. The Kier molecular flexibility index (Phi) is 4.74. The summed E-state index contributed by atoms with van der Waals surface area (Å²) >= 11 is 5.97. The van der Waals surface area contributed by atoms with Crippen molar-refractivity contribution < 1.29 is 14.9 Å². The first kappa shape index (κ1) is 13.5. The van der Waals surface area contributed by atoms with Crippen LogP contribution in [0.25, 0.3) is 0 Å². The van der Waals surface area contributed by atoms with Crippen LogP contribution in [0.4, 0.5) is 0 Å². The van der Waals surface area contributed by atoms with Crippen LogP contribution in [0.3, 0.4) is 0 Å². The highest BCUT2D eigenvalue weighted by Crippen LogP contribution is 2.18. The average Bonchev–Trinajstić information content (AvgIpc) is 2.14. The number of rotatable bonds is 5. The Labute approximate surface area is 101 Å². The van der Waals surface area contributed by atoms with Crippen molar-refractivity contribution in [1.82, 2.24) is 0 Å². The van der Waals surface area contributed by atoms with Crippen LogP contribution in [0.1, 0.15) is 25.8 Å². The number of benzene rings is 1. The van der Waals surface area contributed by atoms with Gasteiger partial charge in [0.05, 0.1) is 0 Å². The molecule has 0 amide bonds. The number of aliphatic hydroxyl groups excluding tert-OH is 1. The molecule has 90 valence electrons. The van der Waals surface area contributed by atoms with Gasteiger partial charge in [0.2, 0.25) is 0 Å². The van der Waals surface area contributed by atoms with Crippen molar-refractivity contribution in [2.75, 3.05) is 0 Å². The Balaban J connectivity index is 2.43. The molecule has 4 heteroatoms. The number of ether oxygens (including phenoxy) is 1. The molecule has 0 bridgehead atoms. The summed E-state index contributed by atoms with van der Waals surface area (Å²) in [5.41, 5.74) is 0.961. The summed E-state index contributed by atoms with van der Waals surface area (Å²) < 4.78 is 4.97. The SMILES string of the molecule is CC(C)(O)OC(O)CCc1ccccc1Cl. The van der Waals surface area contributed by atoms with Gasteiger partial charge in [-0.3, -0.25) is 0 Å². The molecule has 1 aromatic carbocycles. The van der Waals surface area contributed by atoms with Crippen LogP contribution in [0.15, 0.2) is 24.3 Å². The van der Waals surface area contributed by atoms with Crippen LogP contribution >= 0.6 is 11.6 Å². The zero-order valence-electron chi connectivity index (χ0n) is 9.48. The lowest BCUT2D eigenvalue weighted by Crippen LogP contribution is -2.30. The van der Waals surface area contributed by atoms with Gasteiger partial charge in [0.1, 0.15) is 0 Å². The fourth-order valence-electron chi connectivity index (χ4n) is 1.37. The van der Waals surface area contributed by atoms with Gasteiger partial charge < -0.3 is 14.9 Å². The topological polar surface area (TPSA) is 49.7 Å². The highest BCUT2D eigenvalue weighted by atomic mass is 35.5. The van der Waals surface area contributed by atoms with Gasteiger partial charge in [-0.25, -0.2) is 0 Å². The lowest BCUT2D eigenvalue weighted by Gasteiger charge is -2.22. The summed E-state index contributed by atoms with van der Waals surface area (Å²) in [5, 5.41) is 19.5. The first-order valence-corrected chi connectivity index (χ1v) is 5.58. The molecule has 0 saturated heterocycles. The third kappa shape index (κ3) is 4.94. The second-order valence-corrected chi connectivity index (χ2v) is 4.56. The summed E-state index contributed by atoms with van der Waals surface area (Å²) in [6.07, 6.45) is 0.0150. The zero-order valence-corrected chi connectivity index (χ0v) is 10.2. The Morgan fingerprint density at radius 2 is 2.00 bits per heavy atom. The summed E-state index contributed by atoms with van der Waals surface area (Å²) in [6, 6.07) is 7.46. The van der Waals surface area contributed by atoms with Crippen molar-refractivity contribution in [2.24, 2.45) is 0 Å². The van der Waals surface area contributed by atoms with Gasteiger partial charge in [-0.05, 0) is 31.9 Å². The van der Waals surface area contributed by atoms with Gasteiger partial charge in [-0.1, -0.05) is 29.8 Å². The van der Waals surface area contributed by atoms with Crippen molar-refractivity contribution >= 4 is 11.6 Å². The molecule has 2 N–H and O–H groups in total. The normalized spacial score (nSPS) is 13.8. The van der Waals surface area contributed by atoms with Crippen LogP contribution in [0.2, 0.25) is 5.02 Å². The minimum atomic E-state index is -1.32.